The van der Waals surface area contributed by atoms with E-state index in [9.17, 15) is 9.59 Å². The summed E-state index contributed by atoms with van der Waals surface area (Å²) in [5.41, 5.74) is 1.15. The van der Waals surface area contributed by atoms with Crippen molar-refractivity contribution in [2.24, 2.45) is 11.8 Å². The maximum Gasteiger partial charge on any atom is 0.335 e. The monoisotopic (exact) mass is 263 g/mol. The van der Waals surface area contributed by atoms with Crippen molar-refractivity contribution >= 4 is 11.9 Å². The van der Waals surface area contributed by atoms with E-state index in [2.05, 4.69) is 26.1 Å². The Bertz CT molecular complexity index is 437. The third-order valence-electron chi connectivity index (χ3n) is 3.34. The Balaban J connectivity index is 2.44. The molecule has 1 amide bonds. The van der Waals surface area contributed by atoms with Crippen LogP contribution in [0.15, 0.2) is 24.3 Å². The summed E-state index contributed by atoms with van der Waals surface area (Å²) in [5.74, 6) is -0.0696. The molecule has 0 heterocycles. The normalized spacial score (nSPS) is 12.2. The van der Waals surface area contributed by atoms with Gasteiger partial charge in [-0.3, -0.25) is 4.79 Å². The van der Waals surface area contributed by atoms with Gasteiger partial charge in [-0.2, -0.15) is 0 Å². The number of rotatable bonds is 6. The van der Waals surface area contributed by atoms with E-state index in [1.54, 1.807) is 24.3 Å². The number of carbonyl (C=O) groups is 2. The van der Waals surface area contributed by atoms with Gasteiger partial charge in [-0.25, -0.2) is 4.79 Å². The van der Waals surface area contributed by atoms with Gasteiger partial charge in [0.1, 0.15) is 0 Å². The largest absolute Gasteiger partial charge is 0.478 e. The lowest BCUT2D eigenvalue weighted by Gasteiger charge is -2.14. The van der Waals surface area contributed by atoms with E-state index in [1.807, 2.05) is 0 Å². The Kier molecular flexibility index (Phi) is 5.55. The van der Waals surface area contributed by atoms with Crippen LogP contribution >= 0.6 is 0 Å². The molecule has 0 bridgehead atoms. The molecule has 1 atom stereocenters. The molecule has 0 saturated carbocycles. The lowest BCUT2D eigenvalue weighted by atomic mass is 9.94. The van der Waals surface area contributed by atoms with Crippen LogP contribution in [0.2, 0.25) is 0 Å². The predicted octanol–water partition coefficient (Wildman–Crippen LogP) is 2.68. The molecule has 0 aliphatic carbocycles. The zero-order chi connectivity index (χ0) is 14.4. The third-order valence-corrected chi connectivity index (χ3v) is 3.34. The van der Waals surface area contributed by atoms with E-state index >= 15 is 0 Å². The van der Waals surface area contributed by atoms with Crippen molar-refractivity contribution in [2.45, 2.75) is 33.7 Å². The minimum absolute atomic E-state index is 0.0310. The molecule has 104 valence electrons. The van der Waals surface area contributed by atoms with Crippen LogP contribution in [0.5, 0.6) is 0 Å². The fourth-order valence-corrected chi connectivity index (χ4v) is 1.57. The van der Waals surface area contributed by atoms with Crippen molar-refractivity contribution in [2.75, 3.05) is 0 Å². The fourth-order valence-electron chi connectivity index (χ4n) is 1.57. The predicted molar refractivity (Wildman–Crippen MR) is 73.9 cm³/mol. The van der Waals surface area contributed by atoms with E-state index in [-0.39, 0.29) is 11.5 Å². The molecule has 0 spiro atoms. The van der Waals surface area contributed by atoms with Crippen LogP contribution in [0.25, 0.3) is 0 Å². The Hall–Kier alpha value is -1.84. The van der Waals surface area contributed by atoms with Gasteiger partial charge in [-0.1, -0.05) is 32.9 Å². The molecule has 1 aromatic rings. The van der Waals surface area contributed by atoms with Gasteiger partial charge in [0.2, 0.25) is 5.91 Å². The lowest BCUT2D eigenvalue weighted by Crippen LogP contribution is -2.25. The van der Waals surface area contributed by atoms with Crippen LogP contribution in [0.3, 0.4) is 0 Å². The van der Waals surface area contributed by atoms with Crippen LogP contribution in [0, 0.1) is 11.8 Å². The molecule has 0 saturated heterocycles. The van der Waals surface area contributed by atoms with Crippen molar-refractivity contribution in [3.63, 3.8) is 0 Å². The summed E-state index contributed by atoms with van der Waals surface area (Å²) in [6, 6.07) is 6.52. The molecular weight excluding hydrogens is 242 g/mol. The van der Waals surface area contributed by atoms with Gasteiger partial charge in [0.25, 0.3) is 0 Å². The van der Waals surface area contributed by atoms with Gasteiger partial charge in [0.05, 0.1) is 5.56 Å². The summed E-state index contributed by atoms with van der Waals surface area (Å²) >= 11 is 0. The minimum Gasteiger partial charge on any atom is -0.478 e. The van der Waals surface area contributed by atoms with Gasteiger partial charge >= 0.3 is 5.97 Å². The van der Waals surface area contributed by atoms with Crippen molar-refractivity contribution in [3.8, 4) is 0 Å². The van der Waals surface area contributed by atoms with Crippen LogP contribution in [-0.2, 0) is 11.3 Å². The second-order valence-electron chi connectivity index (χ2n) is 5.20. The molecule has 0 aromatic heterocycles. The molecule has 4 heteroatoms. The van der Waals surface area contributed by atoms with Crippen molar-refractivity contribution in [1.29, 1.82) is 0 Å². The quantitative estimate of drug-likeness (QED) is 0.829. The van der Waals surface area contributed by atoms with Crippen LogP contribution in [-0.4, -0.2) is 17.0 Å². The Morgan fingerprint density at radius 1 is 1.16 bits per heavy atom. The Morgan fingerprint density at radius 2 is 1.74 bits per heavy atom. The first-order chi connectivity index (χ1) is 8.90. The first-order valence-electron chi connectivity index (χ1n) is 6.49. The summed E-state index contributed by atoms with van der Waals surface area (Å²) in [7, 11) is 0. The molecular formula is C15H21NO3. The maximum absolute atomic E-state index is 11.7. The topological polar surface area (TPSA) is 66.4 Å². The second-order valence-corrected chi connectivity index (χ2v) is 5.20. The summed E-state index contributed by atoms with van der Waals surface area (Å²) in [6.07, 6.45) is 0.519. The number of carbonyl (C=O) groups excluding carboxylic acids is 1. The zero-order valence-electron chi connectivity index (χ0n) is 11.6. The molecule has 19 heavy (non-hydrogen) atoms. The summed E-state index contributed by atoms with van der Waals surface area (Å²) < 4.78 is 0. The van der Waals surface area contributed by atoms with Gasteiger partial charge in [0, 0.05) is 13.0 Å². The smallest absolute Gasteiger partial charge is 0.335 e. The highest BCUT2D eigenvalue weighted by molar-refractivity contribution is 5.87. The summed E-state index contributed by atoms with van der Waals surface area (Å²) in [6.45, 7) is 6.70. The zero-order valence-corrected chi connectivity index (χ0v) is 11.6. The van der Waals surface area contributed by atoms with Crippen molar-refractivity contribution in [1.82, 2.24) is 5.32 Å². The number of amides is 1. The number of benzene rings is 1. The van der Waals surface area contributed by atoms with Gasteiger partial charge in [-0.15, -0.1) is 0 Å². The van der Waals surface area contributed by atoms with Crippen LogP contribution in [0.1, 0.15) is 43.1 Å². The Morgan fingerprint density at radius 3 is 2.21 bits per heavy atom. The first kappa shape index (κ1) is 15.2. The highest BCUT2D eigenvalue weighted by atomic mass is 16.4. The number of hydrogen-bond donors (Lipinski definition) is 2. The van der Waals surface area contributed by atoms with Crippen LogP contribution in [0.4, 0.5) is 0 Å². The number of hydrogen-bond acceptors (Lipinski definition) is 2. The van der Waals surface area contributed by atoms with E-state index in [0.717, 1.165) is 5.56 Å². The lowest BCUT2D eigenvalue weighted by molar-refractivity contribution is -0.122. The number of carboxylic acids is 1. The van der Waals surface area contributed by atoms with E-state index in [0.29, 0.717) is 24.8 Å². The molecule has 2 N–H and O–H groups in total. The van der Waals surface area contributed by atoms with E-state index in [1.165, 1.54) is 0 Å². The van der Waals surface area contributed by atoms with E-state index in [4.69, 9.17) is 5.11 Å². The molecule has 1 aromatic carbocycles. The van der Waals surface area contributed by atoms with Gasteiger partial charge < -0.3 is 10.4 Å². The summed E-state index contributed by atoms with van der Waals surface area (Å²) in [5, 5.41) is 11.6. The number of carboxylic acid groups (broad SMARTS) is 1. The molecule has 0 aliphatic rings. The number of nitrogens with one attached hydrogen (secondary N) is 1. The molecule has 0 radical (unpaired) electrons. The highest BCUT2D eigenvalue weighted by Gasteiger charge is 2.12. The van der Waals surface area contributed by atoms with Crippen molar-refractivity contribution in [3.05, 3.63) is 35.4 Å². The third kappa shape index (κ3) is 5.12. The average molecular weight is 263 g/mol. The molecule has 0 fully saturated rings. The molecule has 1 unspecified atom stereocenters. The number of aromatic carboxylic acids is 1. The Labute approximate surface area is 113 Å². The SMILES string of the molecule is CC(C)C(C)CC(=O)NCc1ccc(C(=O)O)cc1. The highest BCUT2D eigenvalue weighted by Crippen LogP contribution is 2.13. The van der Waals surface area contributed by atoms with Gasteiger partial charge in [-0.05, 0) is 29.5 Å². The second kappa shape index (κ2) is 6.92. The molecule has 4 nitrogen and oxygen atoms in total. The first-order valence-corrected chi connectivity index (χ1v) is 6.49. The molecule has 1 rings (SSSR count). The van der Waals surface area contributed by atoms with Gasteiger partial charge in [0.15, 0.2) is 0 Å². The summed E-state index contributed by atoms with van der Waals surface area (Å²) in [4.78, 5) is 22.4. The average Bonchev–Trinajstić information content (AvgIpc) is 2.36. The standard InChI is InChI=1S/C15H21NO3/c1-10(2)11(3)8-14(17)16-9-12-4-6-13(7-5-12)15(18)19/h4-7,10-11H,8-9H2,1-3H3,(H,16,17)(H,18,19). The maximum atomic E-state index is 11.7. The van der Waals surface area contributed by atoms with E-state index < -0.39 is 5.97 Å². The minimum atomic E-state index is -0.943. The molecule has 0 aliphatic heterocycles. The fraction of sp³-hybridized carbons (Fsp3) is 0.467. The van der Waals surface area contributed by atoms with Crippen LogP contribution < -0.4 is 5.32 Å². The van der Waals surface area contributed by atoms with Crippen molar-refractivity contribution < 1.29 is 14.7 Å².